The third kappa shape index (κ3) is 4.42. The highest BCUT2D eigenvalue weighted by Gasteiger charge is 2.17. The van der Waals surface area contributed by atoms with Crippen LogP contribution in [-0.4, -0.2) is 23.3 Å². The lowest BCUT2D eigenvalue weighted by molar-refractivity contribution is 0.535. The van der Waals surface area contributed by atoms with E-state index < -0.39 is 11.1 Å². The Balaban J connectivity index is 1.76. The van der Waals surface area contributed by atoms with Gasteiger partial charge in [0.05, 0.1) is 17.5 Å². The summed E-state index contributed by atoms with van der Waals surface area (Å²) in [7, 11) is 0. The van der Waals surface area contributed by atoms with Gasteiger partial charge in [-0.2, -0.15) is 0 Å². The number of benzene rings is 2. The van der Waals surface area contributed by atoms with Gasteiger partial charge in [0.1, 0.15) is 5.82 Å². The van der Waals surface area contributed by atoms with Crippen molar-refractivity contribution < 1.29 is 8.76 Å². The third-order valence-corrected chi connectivity index (χ3v) is 5.20. The van der Waals surface area contributed by atoms with Gasteiger partial charge in [-0.05, 0) is 34.3 Å². The van der Waals surface area contributed by atoms with E-state index in [1.807, 2.05) is 60.7 Å². The molecule has 1 unspecified atom stereocenters. The predicted molar refractivity (Wildman–Crippen MR) is 114 cm³/mol. The van der Waals surface area contributed by atoms with Crippen molar-refractivity contribution in [3.8, 4) is 11.3 Å². The summed E-state index contributed by atoms with van der Waals surface area (Å²) in [5.74, 6) is -0.0777. The van der Waals surface area contributed by atoms with Crippen molar-refractivity contribution in [2.75, 3.05) is 0 Å². The van der Waals surface area contributed by atoms with Crippen LogP contribution in [0, 0.1) is 0 Å². The molecule has 0 aliphatic heterocycles. The first-order valence-electron chi connectivity index (χ1n) is 9.32. The van der Waals surface area contributed by atoms with Crippen molar-refractivity contribution in [2.24, 2.45) is 0 Å². The fraction of sp³-hybridized carbons (Fsp3) is 0.0870. The predicted octanol–water partition coefficient (Wildman–Crippen LogP) is 3.32. The Kier molecular flexibility index (Phi) is 5.92. The van der Waals surface area contributed by atoms with Gasteiger partial charge in [-0.15, -0.1) is 0 Å². The van der Waals surface area contributed by atoms with E-state index in [9.17, 15) is 13.6 Å². The molecule has 0 amide bonds. The molecule has 0 saturated carbocycles. The number of hydrogen-bond donors (Lipinski definition) is 0. The van der Waals surface area contributed by atoms with Crippen molar-refractivity contribution >= 4 is 11.1 Å². The van der Waals surface area contributed by atoms with Crippen LogP contribution in [0.2, 0.25) is 0 Å². The van der Waals surface area contributed by atoms with E-state index in [4.69, 9.17) is 0 Å². The molecule has 2 aromatic carbocycles. The van der Waals surface area contributed by atoms with Crippen LogP contribution in [0.4, 0.5) is 0 Å². The van der Waals surface area contributed by atoms with Crippen LogP contribution in [-0.2, 0) is 16.8 Å². The first kappa shape index (κ1) is 19.9. The molecule has 0 aliphatic carbocycles. The zero-order valence-electron chi connectivity index (χ0n) is 15.9. The van der Waals surface area contributed by atoms with Crippen molar-refractivity contribution in [2.45, 2.75) is 11.8 Å². The molecule has 150 valence electrons. The first-order valence-corrected chi connectivity index (χ1v) is 10.6. The highest BCUT2D eigenvalue weighted by Crippen LogP contribution is 2.26. The van der Waals surface area contributed by atoms with E-state index in [2.05, 4.69) is 9.97 Å². The Morgan fingerprint density at radius 2 is 1.57 bits per heavy atom. The van der Waals surface area contributed by atoms with Crippen LogP contribution in [0.15, 0.2) is 96.1 Å². The van der Waals surface area contributed by atoms with Gasteiger partial charge in [-0.25, -0.2) is 9.97 Å². The summed E-state index contributed by atoms with van der Waals surface area (Å²) in [5.41, 5.74) is 2.93. The minimum atomic E-state index is -2.28. The summed E-state index contributed by atoms with van der Waals surface area (Å²) < 4.78 is 23.5. The Bertz CT molecular complexity index is 1190. The van der Waals surface area contributed by atoms with Gasteiger partial charge in [0.2, 0.25) is 0 Å². The molecule has 30 heavy (non-hydrogen) atoms. The van der Waals surface area contributed by atoms with Gasteiger partial charge >= 0.3 is 0 Å². The second kappa shape index (κ2) is 8.94. The molecular weight excluding hydrogens is 398 g/mol. The zero-order valence-corrected chi connectivity index (χ0v) is 16.7. The maximum atomic E-state index is 13.1. The van der Waals surface area contributed by atoms with E-state index >= 15 is 0 Å². The minimum Gasteiger partial charge on any atom is -0.772 e. The molecule has 4 rings (SSSR count). The van der Waals surface area contributed by atoms with Crippen LogP contribution in [0.1, 0.15) is 23.0 Å². The van der Waals surface area contributed by atoms with Gasteiger partial charge in [-0.3, -0.25) is 9.00 Å². The molecule has 2 aromatic heterocycles. The Hall–Kier alpha value is -3.42. The van der Waals surface area contributed by atoms with Crippen molar-refractivity contribution in [1.82, 2.24) is 14.5 Å². The Morgan fingerprint density at radius 1 is 0.933 bits per heavy atom. The number of nitrogens with zero attached hydrogens (tertiary/aromatic N) is 3. The molecule has 0 N–H and O–H groups in total. The minimum absolute atomic E-state index is 0.183. The average Bonchev–Trinajstić information content (AvgIpc) is 2.76. The lowest BCUT2D eigenvalue weighted by atomic mass is 9.98. The maximum absolute atomic E-state index is 13.1. The smallest absolute Gasteiger partial charge is 0.252 e. The standard InChI is InChI=1S/C23H19N3O3S/c27-22-15-19(20-11-13-24-21(25-20)16-30(28)29)12-14-26(22)23(17-7-3-1-4-8-17)18-9-5-2-6-10-18/h1-15,23H,16H2,(H,28,29)/p-1. The van der Waals surface area contributed by atoms with Crippen molar-refractivity contribution in [1.29, 1.82) is 0 Å². The van der Waals surface area contributed by atoms with Crippen LogP contribution in [0.5, 0.6) is 0 Å². The molecule has 2 heterocycles. The van der Waals surface area contributed by atoms with E-state index in [0.717, 1.165) is 11.1 Å². The lowest BCUT2D eigenvalue weighted by Gasteiger charge is -2.21. The number of rotatable bonds is 6. The van der Waals surface area contributed by atoms with Crippen LogP contribution in [0.3, 0.4) is 0 Å². The largest absolute Gasteiger partial charge is 0.772 e. The summed E-state index contributed by atoms with van der Waals surface area (Å²) in [6, 6.07) is 24.4. The van der Waals surface area contributed by atoms with Crippen molar-refractivity contribution in [3.63, 3.8) is 0 Å². The quantitative estimate of drug-likeness (QED) is 0.450. The highest BCUT2D eigenvalue weighted by molar-refractivity contribution is 7.78. The van der Waals surface area contributed by atoms with Crippen molar-refractivity contribution in [3.05, 3.63) is 119 Å². The Labute approximate surface area is 176 Å². The molecule has 0 fully saturated rings. The molecule has 0 bridgehead atoms. The molecule has 0 saturated heterocycles. The fourth-order valence-electron chi connectivity index (χ4n) is 3.38. The number of pyridine rings is 1. The zero-order chi connectivity index (χ0) is 20.9. The maximum Gasteiger partial charge on any atom is 0.252 e. The lowest BCUT2D eigenvalue weighted by Crippen LogP contribution is -2.25. The SMILES string of the molecule is O=c1cc(-c2ccnc(CS(=O)[O-])n2)ccn1C(c1ccccc1)c1ccccc1. The van der Waals surface area contributed by atoms with E-state index in [1.54, 1.807) is 22.9 Å². The van der Waals surface area contributed by atoms with E-state index in [-0.39, 0.29) is 23.2 Å². The van der Waals surface area contributed by atoms with Gasteiger partial charge in [-0.1, -0.05) is 60.7 Å². The van der Waals surface area contributed by atoms with Gasteiger partial charge in [0, 0.05) is 24.0 Å². The summed E-state index contributed by atoms with van der Waals surface area (Å²) in [6.45, 7) is 0. The molecule has 1 atom stereocenters. The third-order valence-electron chi connectivity index (χ3n) is 4.71. The summed E-state index contributed by atoms with van der Waals surface area (Å²) in [5, 5.41) is 0. The fourth-order valence-corrected chi connectivity index (χ4v) is 3.73. The van der Waals surface area contributed by atoms with E-state index in [1.165, 1.54) is 12.3 Å². The summed E-state index contributed by atoms with van der Waals surface area (Å²) in [6.07, 6.45) is 3.24. The summed E-state index contributed by atoms with van der Waals surface area (Å²) >= 11 is -2.28. The first-order chi connectivity index (χ1) is 14.6. The Morgan fingerprint density at radius 3 is 2.13 bits per heavy atom. The molecule has 6 nitrogen and oxygen atoms in total. The monoisotopic (exact) mass is 416 g/mol. The van der Waals surface area contributed by atoms with Gasteiger partial charge in [0.25, 0.3) is 5.56 Å². The topological polar surface area (TPSA) is 87.9 Å². The second-order valence-electron chi connectivity index (χ2n) is 6.69. The van der Waals surface area contributed by atoms with Crippen LogP contribution < -0.4 is 5.56 Å². The van der Waals surface area contributed by atoms with Gasteiger partial charge < -0.3 is 9.12 Å². The number of hydrogen-bond acceptors (Lipinski definition) is 5. The molecule has 4 aromatic rings. The second-order valence-corrected chi connectivity index (χ2v) is 7.59. The van der Waals surface area contributed by atoms with Gasteiger partial charge in [0.15, 0.2) is 0 Å². The van der Waals surface area contributed by atoms with Crippen LogP contribution in [0.25, 0.3) is 11.3 Å². The van der Waals surface area contributed by atoms with E-state index in [0.29, 0.717) is 11.3 Å². The molecular formula is C23H18N3O3S-. The summed E-state index contributed by atoms with van der Waals surface area (Å²) in [4.78, 5) is 21.3. The normalized spacial score (nSPS) is 12.1. The average molecular weight is 416 g/mol. The van der Waals surface area contributed by atoms with Crippen LogP contribution >= 0.6 is 0 Å². The molecule has 0 radical (unpaired) electrons. The highest BCUT2D eigenvalue weighted by atomic mass is 32.2. The molecule has 0 spiro atoms. The molecule has 0 aliphatic rings. The molecule has 7 heteroatoms. The number of aromatic nitrogens is 3.